The Morgan fingerprint density at radius 1 is 1.33 bits per heavy atom. The number of nitrogens with zero attached hydrogens (tertiary/aromatic N) is 1. The molecule has 1 aromatic rings. The van der Waals surface area contributed by atoms with E-state index in [1.165, 1.54) is 6.42 Å². The zero-order valence-corrected chi connectivity index (χ0v) is 10.3. The Labute approximate surface area is 106 Å². The van der Waals surface area contributed by atoms with Crippen molar-refractivity contribution >= 4 is 11.8 Å². The number of aliphatic hydroxyl groups excluding tert-OH is 1. The summed E-state index contributed by atoms with van der Waals surface area (Å²) in [5.74, 6) is 0.544. The molecule has 1 aliphatic rings. The number of furan rings is 1. The molecule has 6 nitrogen and oxygen atoms in total. The number of carbonyl (C=O) groups excluding carboxylic acids is 1. The molecule has 0 atom stereocenters. The molecule has 6 heteroatoms. The van der Waals surface area contributed by atoms with Gasteiger partial charge in [-0.15, -0.1) is 0 Å². The third-order valence-electron chi connectivity index (χ3n) is 2.86. The average Bonchev–Trinajstić information content (AvgIpc) is 2.86. The Morgan fingerprint density at radius 3 is 2.83 bits per heavy atom. The van der Waals surface area contributed by atoms with Crippen LogP contribution in [0.4, 0.5) is 5.88 Å². The molecule has 0 radical (unpaired) electrons. The zero-order valence-electron chi connectivity index (χ0n) is 10.3. The van der Waals surface area contributed by atoms with Crippen LogP contribution in [0.5, 0.6) is 0 Å². The predicted molar refractivity (Wildman–Crippen MR) is 67.2 cm³/mol. The third-order valence-corrected chi connectivity index (χ3v) is 2.86. The lowest BCUT2D eigenvalue weighted by molar-refractivity contribution is 0.0722. The first kappa shape index (κ1) is 12.9. The predicted octanol–water partition coefficient (Wildman–Crippen LogP) is 0.815. The molecular weight excluding hydrogens is 234 g/mol. The maximum atomic E-state index is 11.9. The number of hydrogen-bond acceptors (Lipinski definition) is 5. The van der Waals surface area contributed by atoms with Crippen molar-refractivity contribution in [2.75, 3.05) is 31.6 Å². The van der Waals surface area contributed by atoms with Crippen molar-refractivity contribution in [3.63, 3.8) is 0 Å². The first-order valence-corrected chi connectivity index (χ1v) is 6.30. The van der Waals surface area contributed by atoms with E-state index >= 15 is 0 Å². The fraction of sp³-hybridized carbons (Fsp3) is 0.583. The fourth-order valence-corrected chi connectivity index (χ4v) is 1.94. The van der Waals surface area contributed by atoms with Crippen molar-refractivity contribution in [3.05, 3.63) is 17.9 Å². The summed E-state index contributed by atoms with van der Waals surface area (Å²) in [6.45, 7) is 2.21. The second kappa shape index (κ2) is 6.42. The number of hydrogen-bond donors (Lipinski definition) is 3. The highest BCUT2D eigenvalue weighted by Gasteiger charge is 2.16. The van der Waals surface area contributed by atoms with Crippen LogP contribution in [0.25, 0.3) is 0 Å². The largest absolute Gasteiger partial charge is 0.436 e. The van der Waals surface area contributed by atoms with Gasteiger partial charge >= 0.3 is 5.91 Å². The molecule has 0 bridgehead atoms. The van der Waals surface area contributed by atoms with E-state index in [1.54, 1.807) is 12.1 Å². The van der Waals surface area contributed by atoms with Gasteiger partial charge in [-0.25, -0.2) is 5.01 Å². The Hall–Kier alpha value is -1.53. The molecule has 2 rings (SSSR count). The summed E-state index contributed by atoms with van der Waals surface area (Å²) in [6, 6.07) is 3.31. The molecule has 0 aromatic carbocycles. The molecule has 3 N–H and O–H groups in total. The van der Waals surface area contributed by atoms with Gasteiger partial charge < -0.3 is 14.8 Å². The molecule has 100 valence electrons. The minimum absolute atomic E-state index is 0.0238. The van der Waals surface area contributed by atoms with Crippen LogP contribution in [0.2, 0.25) is 0 Å². The van der Waals surface area contributed by atoms with Crippen LogP contribution < -0.4 is 10.7 Å². The van der Waals surface area contributed by atoms with E-state index in [1.807, 2.05) is 5.01 Å². The van der Waals surface area contributed by atoms with Crippen LogP contribution in [0.1, 0.15) is 29.8 Å². The lowest BCUT2D eigenvalue weighted by Crippen LogP contribution is -2.44. The molecule has 0 saturated carbocycles. The first-order chi connectivity index (χ1) is 8.79. The van der Waals surface area contributed by atoms with Gasteiger partial charge in [-0.2, -0.15) is 0 Å². The van der Waals surface area contributed by atoms with Crippen molar-refractivity contribution in [3.8, 4) is 0 Å². The number of rotatable bonds is 5. The molecule has 1 amide bonds. The highest BCUT2D eigenvalue weighted by molar-refractivity contribution is 5.91. The molecule has 1 saturated heterocycles. The maximum absolute atomic E-state index is 11.9. The molecule has 0 unspecified atom stereocenters. The normalized spacial score (nSPS) is 16.5. The number of anilines is 1. The third kappa shape index (κ3) is 3.48. The number of carbonyl (C=O) groups is 1. The van der Waals surface area contributed by atoms with E-state index < -0.39 is 0 Å². The summed E-state index contributed by atoms with van der Waals surface area (Å²) >= 11 is 0. The first-order valence-electron chi connectivity index (χ1n) is 6.30. The van der Waals surface area contributed by atoms with E-state index in [4.69, 9.17) is 9.52 Å². The average molecular weight is 253 g/mol. The standard InChI is InChI=1S/C12H19N3O3/c16-9-6-13-11-5-4-10(18-11)12(17)14-15-7-2-1-3-8-15/h4-5,13,16H,1-3,6-9H2,(H,14,17). The Morgan fingerprint density at radius 2 is 2.11 bits per heavy atom. The van der Waals surface area contributed by atoms with E-state index in [0.717, 1.165) is 25.9 Å². The van der Waals surface area contributed by atoms with Crippen molar-refractivity contribution in [2.45, 2.75) is 19.3 Å². The summed E-state index contributed by atoms with van der Waals surface area (Å²) in [5.41, 5.74) is 2.83. The minimum Gasteiger partial charge on any atom is -0.436 e. The molecule has 18 heavy (non-hydrogen) atoms. The number of hydrazine groups is 1. The van der Waals surface area contributed by atoms with Crippen molar-refractivity contribution in [1.29, 1.82) is 0 Å². The van der Waals surface area contributed by atoms with Crippen molar-refractivity contribution < 1.29 is 14.3 Å². The number of nitrogens with one attached hydrogen (secondary N) is 2. The summed E-state index contributed by atoms with van der Waals surface area (Å²) < 4.78 is 5.33. The van der Waals surface area contributed by atoms with E-state index in [-0.39, 0.29) is 18.3 Å². The number of piperidine rings is 1. The molecule has 1 fully saturated rings. The minimum atomic E-state index is -0.228. The van der Waals surface area contributed by atoms with Crippen LogP contribution in [0.15, 0.2) is 16.5 Å². The van der Waals surface area contributed by atoms with Crippen LogP contribution in [0.3, 0.4) is 0 Å². The van der Waals surface area contributed by atoms with Crippen molar-refractivity contribution in [2.24, 2.45) is 0 Å². The lowest BCUT2D eigenvalue weighted by atomic mass is 10.2. The number of amides is 1. The van der Waals surface area contributed by atoms with Crippen LogP contribution in [-0.4, -0.2) is 42.3 Å². The van der Waals surface area contributed by atoms with Gasteiger partial charge in [0, 0.05) is 25.7 Å². The Balaban J connectivity index is 1.85. The van der Waals surface area contributed by atoms with Crippen molar-refractivity contribution in [1.82, 2.24) is 10.4 Å². The monoisotopic (exact) mass is 253 g/mol. The van der Waals surface area contributed by atoms with Gasteiger partial charge in [-0.05, 0) is 18.9 Å². The molecule has 0 spiro atoms. The van der Waals surface area contributed by atoms with E-state index in [9.17, 15) is 4.79 Å². The summed E-state index contributed by atoms with van der Waals surface area (Å²) in [4.78, 5) is 11.9. The highest BCUT2D eigenvalue weighted by atomic mass is 16.4. The Kier molecular flexibility index (Phi) is 4.60. The van der Waals surface area contributed by atoms with Gasteiger partial charge in [0.1, 0.15) is 0 Å². The highest BCUT2D eigenvalue weighted by Crippen LogP contribution is 2.13. The van der Waals surface area contributed by atoms with Crippen LogP contribution in [-0.2, 0) is 0 Å². The van der Waals surface area contributed by atoms with Crippen LogP contribution >= 0.6 is 0 Å². The summed E-state index contributed by atoms with van der Waals surface area (Å²) in [5, 5.41) is 13.5. The smallest absolute Gasteiger partial charge is 0.301 e. The summed E-state index contributed by atoms with van der Waals surface area (Å²) in [6.07, 6.45) is 3.45. The van der Waals surface area contributed by atoms with Gasteiger partial charge in [-0.3, -0.25) is 10.2 Å². The molecular formula is C12H19N3O3. The fourth-order valence-electron chi connectivity index (χ4n) is 1.94. The molecule has 0 aliphatic carbocycles. The molecule has 1 aromatic heterocycles. The van der Waals surface area contributed by atoms with E-state index in [0.29, 0.717) is 12.4 Å². The van der Waals surface area contributed by atoms with Crippen LogP contribution in [0, 0.1) is 0 Å². The van der Waals surface area contributed by atoms with E-state index in [2.05, 4.69) is 10.7 Å². The quantitative estimate of drug-likeness (QED) is 0.724. The van der Waals surface area contributed by atoms with Gasteiger partial charge in [0.2, 0.25) is 0 Å². The SMILES string of the molecule is O=C(NN1CCCCC1)c1ccc(NCCO)o1. The number of aliphatic hydroxyl groups is 1. The topological polar surface area (TPSA) is 77.7 Å². The van der Waals surface area contributed by atoms with Gasteiger partial charge in [0.05, 0.1) is 6.61 Å². The van der Waals surface area contributed by atoms with Gasteiger partial charge in [-0.1, -0.05) is 6.42 Å². The maximum Gasteiger partial charge on any atom is 0.301 e. The summed E-state index contributed by atoms with van der Waals surface area (Å²) in [7, 11) is 0. The Bertz CT molecular complexity index is 386. The second-order valence-corrected chi connectivity index (χ2v) is 4.30. The molecule has 2 heterocycles. The van der Waals surface area contributed by atoms with Gasteiger partial charge in [0.15, 0.2) is 11.6 Å². The molecule has 1 aliphatic heterocycles. The van der Waals surface area contributed by atoms with Gasteiger partial charge in [0.25, 0.3) is 0 Å². The lowest BCUT2D eigenvalue weighted by Gasteiger charge is -2.26. The zero-order chi connectivity index (χ0) is 12.8. The second-order valence-electron chi connectivity index (χ2n) is 4.30.